The number of aromatic amines is 1. The largest absolute Gasteiger partial charge is 0.301 e. The van der Waals surface area contributed by atoms with Crippen LogP contribution in [0, 0.1) is 0 Å². The summed E-state index contributed by atoms with van der Waals surface area (Å²) >= 11 is 1.11. The van der Waals surface area contributed by atoms with Gasteiger partial charge >= 0.3 is 0 Å². The van der Waals surface area contributed by atoms with Crippen LogP contribution in [0.5, 0.6) is 0 Å². The Balaban J connectivity index is 3.15. The second-order valence-electron chi connectivity index (χ2n) is 1.98. The van der Waals surface area contributed by atoms with Crippen LogP contribution in [0.1, 0.15) is 12.1 Å². The Kier molecular flexibility index (Phi) is 2.80. The summed E-state index contributed by atoms with van der Waals surface area (Å²) in [6.45, 7) is 0. The zero-order valence-corrected chi connectivity index (χ0v) is 6.99. The van der Waals surface area contributed by atoms with Gasteiger partial charge in [-0.1, -0.05) is 11.8 Å². The molecule has 0 aromatic carbocycles. The molecule has 0 fully saturated rings. The van der Waals surface area contributed by atoms with Crippen LogP contribution in [-0.2, 0) is 0 Å². The fourth-order valence-corrected chi connectivity index (χ4v) is 1.06. The minimum Gasteiger partial charge on any atom is -0.301 e. The maximum Gasteiger partial charge on any atom is 0.280 e. The molecule has 0 aliphatic rings. The molecule has 0 aliphatic carbocycles. The Hall–Kier alpha value is -0.910. The van der Waals surface area contributed by atoms with E-state index in [1.54, 1.807) is 6.26 Å². The second-order valence-corrected chi connectivity index (χ2v) is 2.78. The molecule has 0 saturated heterocycles. The molecule has 0 unspecified atom stereocenters. The molecule has 0 bridgehead atoms. The van der Waals surface area contributed by atoms with E-state index in [0.717, 1.165) is 17.8 Å². The van der Waals surface area contributed by atoms with Gasteiger partial charge in [0.25, 0.3) is 12.0 Å². The van der Waals surface area contributed by atoms with Gasteiger partial charge in [0, 0.05) is 6.07 Å². The summed E-state index contributed by atoms with van der Waals surface area (Å²) in [5.41, 5.74) is -1.03. The van der Waals surface area contributed by atoms with Gasteiger partial charge in [0.15, 0.2) is 5.16 Å². The first-order chi connectivity index (χ1) is 5.63. The minimum atomic E-state index is -2.70. The molecule has 0 radical (unpaired) electrons. The lowest BCUT2D eigenvalue weighted by Gasteiger charge is -1.99. The van der Waals surface area contributed by atoms with Gasteiger partial charge in [-0.25, -0.2) is 13.8 Å². The van der Waals surface area contributed by atoms with Gasteiger partial charge in [-0.3, -0.25) is 4.79 Å². The summed E-state index contributed by atoms with van der Waals surface area (Å²) in [5, 5.41) is 0.206. The number of aromatic nitrogens is 2. The number of thioether (sulfide) groups is 1. The predicted octanol–water partition coefficient (Wildman–Crippen LogP) is 1.43. The zero-order chi connectivity index (χ0) is 9.14. The molecule has 12 heavy (non-hydrogen) atoms. The highest BCUT2D eigenvalue weighted by Gasteiger charge is 2.10. The topological polar surface area (TPSA) is 45.8 Å². The number of nitrogens with one attached hydrogen (secondary N) is 1. The van der Waals surface area contributed by atoms with Gasteiger partial charge in [0.05, 0.1) is 0 Å². The van der Waals surface area contributed by atoms with E-state index in [2.05, 4.69) is 9.97 Å². The van der Waals surface area contributed by atoms with Crippen molar-refractivity contribution in [2.45, 2.75) is 11.6 Å². The standard InChI is InChI=1S/C6H6F2N2OS/c1-12-6-9-3(5(7)8)2-4(11)10-6/h2,5H,1H3,(H,9,10,11). The van der Waals surface area contributed by atoms with Gasteiger partial charge in [-0.2, -0.15) is 0 Å². The fourth-order valence-electron chi connectivity index (χ4n) is 0.662. The Bertz CT molecular complexity index is 326. The Morgan fingerprint density at radius 3 is 2.83 bits per heavy atom. The summed E-state index contributed by atoms with van der Waals surface area (Å²) in [7, 11) is 0. The van der Waals surface area contributed by atoms with E-state index in [0.29, 0.717) is 0 Å². The number of rotatable bonds is 2. The van der Waals surface area contributed by atoms with Crippen molar-refractivity contribution in [2.24, 2.45) is 0 Å². The first kappa shape index (κ1) is 9.18. The zero-order valence-electron chi connectivity index (χ0n) is 6.17. The highest BCUT2D eigenvalue weighted by atomic mass is 32.2. The third-order valence-corrected chi connectivity index (χ3v) is 1.74. The van der Waals surface area contributed by atoms with Gasteiger partial charge in [0.2, 0.25) is 0 Å². The molecule has 1 rings (SSSR count). The van der Waals surface area contributed by atoms with Crippen LogP contribution in [0.3, 0.4) is 0 Å². The number of nitrogens with zero attached hydrogens (tertiary/aromatic N) is 1. The Morgan fingerprint density at radius 2 is 2.33 bits per heavy atom. The number of hydrogen-bond donors (Lipinski definition) is 1. The highest BCUT2D eigenvalue weighted by Crippen LogP contribution is 2.16. The van der Waals surface area contributed by atoms with Crippen molar-refractivity contribution in [3.8, 4) is 0 Å². The van der Waals surface area contributed by atoms with Crippen LogP contribution in [0.25, 0.3) is 0 Å². The van der Waals surface area contributed by atoms with Crippen molar-refractivity contribution in [2.75, 3.05) is 6.26 Å². The summed E-state index contributed by atoms with van der Waals surface area (Å²) in [6, 6.07) is 0.796. The Labute approximate surface area is 71.2 Å². The molecular formula is C6H6F2N2OS. The molecule has 0 saturated carbocycles. The molecule has 1 heterocycles. The third kappa shape index (κ3) is 2.04. The average molecular weight is 192 g/mol. The van der Waals surface area contributed by atoms with Crippen LogP contribution in [0.15, 0.2) is 16.0 Å². The number of hydrogen-bond acceptors (Lipinski definition) is 3. The van der Waals surface area contributed by atoms with Crippen LogP contribution in [0.4, 0.5) is 8.78 Å². The quantitative estimate of drug-likeness (QED) is 0.569. The van der Waals surface area contributed by atoms with E-state index in [4.69, 9.17) is 0 Å². The van der Waals surface area contributed by atoms with Gasteiger partial charge in [-0.15, -0.1) is 0 Å². The predicted molar refractivity (Wildman–Crippen MR) is 41.6 cm³/mol. The summed E-state index contributed by atoms with van der Waals surface area (Å²) in [4.78, 5) is 16.6. The lowest BCUT2D eigenvalue weighted by Crippen LogP contribution is -2.09. The normalized spacial score (nSPS) is 10.7. The SMILES string of the molecule is CSc1nc(C(F)F)cc(=O)[nH]1. The van der Waals surface area contributed by atoms with Crippen molar-refractivity contribution in [3.63, 3.8) is 0 Å². The molecule has 1 aromatic rings. The van der Waals surface area contributed by atoms with Crippen molar-refractivity contribution in [1.82, 2.24) is 9.97 Å². The molecule has 1 N–H and O–H groups in total. The van der Waals surface area contributed by atoms with Crippen molar-refractivity contribution >= 4 is 11.8 Å². The Morgan fingerprint density at radius 1 is 1.67 bits per heavy atom. The van der Waals surface area contributed by atoms with Crippen molar-refractivity contribution < 1.29 is 8.78 Å². The molecule has 0 atom stereocenters. The van der Waals surface area contributed by atoms with Crippen molar-refractivity contribution in [3.05, 3.63) is 22.1 Å². The average Bonchev–Trinajstić information content (AvgIpc) is 2.03. The second kappa shape index (κ2) is 3.66. The highest BCUT2D eigenvalue weighted by molar-refractivity contribution is 7.98. The van der Waals surface area contributed by atoms with E-state index >= 15 is 0 Å². The minimum absolute atomic E-state index is 0.206. The maximum atomic E-state index is 12.0. The van der Waals surface area contributed by atoms with Gasteiger partial charge in [0.1, 0.15) is 5.69 Å². The molecule has 6 heteroatoms. The molecule has 0 spiro atoms. The molecule has 0 aliphatic heterocycles. The molecule has 1 aromatic heterocycles. The van der Waals surface area contributed by atoms with Gasteiger partial charge < -0.3 is 4.98 Å². The fraction of sp³-hybridized carbons (Fsp3) is 0.333. The molecular weight excluding hydrogens is 186 g/mol. The first-order valence-electron chi connectivity index (χ1n) is 3.07. The van der Waals surface area contributed by atoms with Crippen molar-refractivity contribution in [1.29, 1.82) is 0 Å². The lowest BCUT2D eigenvalue weighted by atomic mass is 10.4. The molecule has 0 amide bonds. The van der Waals surface area contributed by atoms with Crippen LogP contribution >= 0.6 is 11.8 Å². The van der Waals surface area contributed by atoms with Crippen LogP contribution in [0.2, 0.25) is 0 Å². The van der Waals surface area contributed by atoms with E-state index in [1.807, 2.05) is 0 Å². The van der Waals surface area contributed by atoms with E-state index in [-0.39, 0.29) is 5.16 Å². The number of alkyl halides is 2. The molecule has 66 valence electrons. The van der Waals surface area contributed by atoms with Crippen LogP contribution < -0.4 is 5.56 Å². The summed E-state index contributed by atoms with van der Waals surface area (Å²) in [5.74, 6) is 0. The van der Waals surface area contributed by atoms with Gasteiger partial charge in [-0.05, 0) is 6.26 Å². The summed E-state index contributed by atoms with van der Waals surface area (Å²) in [6.07, 6.45) is -1.05. The smallest absolute Gasteiger partial charge is 0.280 e. The number of halogens is 2. The lowest BCUT2D eigenvalue weighted by molar-refractivity contribution is 0.145. The number of H-pyrrole nitrogens is 1. The van der Waals surface area contributed by atoms with E-state index < -0.39 is 17.7 Å². The monoisotopic (exact) mass is 192 g/mol. The summed E-state index contributed by atoms with van der Waals surface area (Å²) < 4.78 is 24.1. The first-order valence-corrected chi connectivity index (χ1v) is 4.29. The van der Waals surface area contributed by atoms with E-state index in [9.17, 15) is 13.6 Å². The van der Waals surface area contributed by atoms with Crippen LogP contribution in [-0.4, -0.2) is 16.2 Å². The molecule has 3 nitrogen and oxygen atoms in total. The maximum absolute atomic E-state index is 12.0. The van der Waals surface area contributed by atoms with E-state index in [1.165, 1.54) is 0 Å². The third-order valence-electron chi connectivity index (χ3n) is 1.16.